The fourth-order valence-corrected chi connectivity index (χ4v) is 4.41. The number of fused-ring (bicyclic) bond motifs is 1. The van der Waals surface area contributed by atoms with E-state index in [-0.39, 0.29) is 27.2 Å². The fourth-order valence-electron chi connectivity index (χ4n) is 3.43. The SMILES string of the molecule is O=C(Nc1[nH]n(-c2c(Cl)cc(Cl)cc2Cl)c(=O)c1-n1nnc2ccccc21)c1ccccc1. The van der Waals surface area contributed by atoms with E-state index in [1.54, 1.807) is 48.5 Å². The topological polar surface area (TPSA) is 97.6 Å². The highest BCUT2D eigenvalue weighted by molar-refractivity contribution is 6.40. The molecule has 5 rings (SSSR count). The second-order valence-corrected chi connectivity index (χ2v) is 8.25. The largest absolute Gasteiger partial charge is 0.305 e. The average molecular weight is 500 g/mol. The Bertz CT molecular complexity index is 1550. The molecule has 0 saturated carbocycles. The zero-order valence-corrected chi connectivity index (χ0v) is 18.9. The summed E-state index contributed by atoms with van der Waals surface area (Å²) in [5, 5.41) is 14.5. The molecular formula is C22H13Cl3N6O2. The molecule has 0 spiro atoms. The third-order valence-corrected chi connectivity index (χ3v) is 5.70. The molecule has 5 aromatic rings. The Kier molecular flexibility index (Phi) is 5.41. The van der Waals surface area contributed by atoms with E-state index < -0.39 is 11.5 Å². The van der Waals surface area contributed by atoms with Crippen molar-refractivity contribution in [3.8, 4) is 11.4 Å². The first-order valence-electron chi connectivity index (χ1n) is 9.61. The van der Waals surface area contributed by atoms with Gasteiger partial charge in [-0.1, -0.05) is 70.3 Å². The van der Waals surface area contributed by atoms with Gasteiger partial charge < -0.3 is 5.32 Å². The molecule has 2 aromatic heterocycles. The number of benzene rings is 3. The normalized spacial score (nSPS) is 11.1. The summed E-state index contributed by atoms with van der Waals surface area (Å²) in [5.74, 6) is -0.338. The number of H-pyrrole nitrogens is 1. The fraction of sp³-hybridized carbons (Fsp3) is 0. The Morgan fingerprint density at radius 3 is 2.30 bits per heavy atom. The average Bonchev–Trinajstić information content (AvgIpc) is 3.34. The highest BCUT2D eigenvalue weighted by atomic mass is 35.5. The van der Waals surface area contributed by atoms with E-state index in [1.165, 1.54) is 16.8 Å². The van der Waals surface area contributed by atoms with Crippen LogP contribution in [0.1, 0.15) is 10.4 Å². The number of para-hydroxylation sites is 1. The molecule has 33 heavy (non-hydrogen) atoms. The minimum absolute atomic E-state index is 0.0371. The van der Waals surface area contributed by atoms with Gasteiger partial charge in [0.1, 0.15) is 11.2 Å². The predicted molar refractivity (Wildman–Crippen MR) is 128 cm³/mol. The van der Waals surface area contributed by atoms with E-state index in [1.807, 2.05) is 6.07 Å². The van der Waals surface area contributed by atoms with Crippen molar-refractivity contribution in [3.63, 3.8) is 0 Å². The highest BCUT2D eigenvalue weighted by Crippen LogP contribution is 2.32. The van der Waals surface area contributed by atoms with Crippen LogP contribution in [0.2, 0.25) is 15.1 Å². The molecule has 3 aromatic carbocycles. The molecule has 0 aliphatic heterocycles. The van der Waals surface area contributed by atoms with Crippen molar-refractivity contribution in [1.82, 2.24) is 24.8 Å². The molecule has 0 radical (unpaired) electrons. The van der Waals surface area contributed by atoms with E-state index in [0.29, 0.717) is 21.6 Å². The maximum Gasteiger partial charge on any atom is 0.299 e. The van der Waals surface area contributed by atoms with E-state index in [9.17, 15) is 9.59 Å². The summed E-state index contributed by atoms with van der Waals surface area (Å²) in [6, 6.07) is 18.6. The summed E-state index contributed by atoms with van der Waals surface area (Å²) >= 11 is 18.7. The van der Waals surface area contributed by atoms with Crippen molar-refractivity contribution in [2.45, 2.75) is 0 Å². The monoisotopic (exact) mass is 498 g/mol. The summed E-state index contributed by atoms with van der Waals surface area (Å²) in [6.45, 7) is 0. The summed E-state index contributed by atoms with van der Waals surface area (Å²) in [7, 11) is 0. The van der Waals surface area contributed by atoms with E-state index in [4.69, 9.17) is 34.8 Å². The van der Waals surface area contributed by atoms with E-state index >= 15 is 0 Å². The van der Waals surface area contributed by atoms with Crippen LogP contribution in [0.5, 0.6) is 0 Å². The third kappa shape index (κ3) is 3.78. The summed E-state index contributed by atoms with van der Waals surface area (Å²) in [5.41, 5.74) is 1.22. The minimum Gasteiger partial charge on any atom is -0.305 e. The molecule has 0 bridgehead atoms. The molecule has 8 nitrogen and oxygen atoms in total. The van der Waals surface area contributed by atoms with Crippen molar-refractivity contribution < 1.29 is 4.79 Å². The van der Waals surface area contributed by atoms with Gasteiger partial charge >= 0.3 is 0 Å². The Labute approximate surface area is 201 Å². The first-order valence-corrected chi connectivity index (χ1v) is 10.7. The quantitative estimate of drug-likeness (QED) is 0.359. The molecule has 0 unspecified atom stereocenters. The van der Waals surface area contributed by atoms with Crippen molar-refractivity contribution in [1.29, 1.82) is 0 Å². The highest BCUT2D eigenvalue weighted by Gasteiger charge is 2.24. The van der Waals surface area contributed by atoms with Gasteiger partial charge in [0.2, 0.25) is 0 Å². The van der Waals surface area contributed by atoms with Gasteiger partial charge in [-0.15, -0.1) is 5.10 Å². The molecule has 1 amide bonds. The Hall–Kier alpha value is -3.59. The lowest BCUT2D eigenvalue weighted by Gasteiger charge is -2.08. The molecular weight excluding hydrogens is 487 g/mol. The maximum absolute atomic E-state index is 13.6. The number of nitrogens with zero attached hydrogens (tertiary/aromatic N) is 4. The van der Waals surface area contributed by atoms with E-state index in [2.05, 4.69) is 20.7 Å². The first-order chi connectivity index (χ1) is 15.9. The van der Waals surface area contributed by atoms with Crippen LogP contribution in [0, 0.1) is 0 Å². The zero-order valence-electron chi connectivity index (χ0n) is 16.6. The Balaban J connectivity index is 1.73. The van der Waals surface area contributed by atoms with Crippen molar-refractivity contribution in [3.05, 3.63) is 97.7 Å². The van der Waals surface area contributed by atoms with Gasteiger partial charge in [0.05, 0.1) is 15.6 Å². The van der Waals surface area contributed by atoms with Crippen LogP contribution in [0.3, 0.4) is 0 Å². The molecule has 0 aliphatic rings. The molecule has 164 valence electrons. The van der Waals surface area contributed by atoms with Crippen LogP contribution in [0.4, 0.5) is 5.82 Å². The number of hydrogen-bond donors (Lipinski definition) is 2. The number of rotatable bonds is 4. The molecule has 2 N–H and O–H groups in total. The smallest absolute Gasteiger partial charge is 0.299 e. The Morgan fingerprint density at radius 1 is 0.909 bits per heavy atom. The second-order valence-electron chi connectivity index (χ2n) is 7.00. The number of hydrogen-bond acceptors (Lipinski definition) is 4. The summed E-state index contributed by atoms with van der Waals surface area (Å²) < 4.78 is 2.48. The second kappa shape index (κ2) is 8.40. The number of carbonyl (C=O) groups is 1. The molecule has 0 fully saturated rings. The lowest BCUT2D eigenvalue weighted by Crippen LogP contribution is -2.20. The van der Waals surface area contributed by atoms with Crippen LogP contribution in [0.25, 0.3) is 22.4 Å². The van der Waals surface area contributed by atoms with Crippen LogP contribution in [0.15, 0.2) is 71.5 Å². The number of nitrogens with one attached hydrogen (secondary N) is 2. The predicted octanol–water partition coefficient (Wildman–Crippen LogP) is 5.11. The van der Waals surface area contributed by atoms with Gasteiger partial charge in [-0.2, -0.15) is 0 Å². The molecule has 0 atom stereocenters. The lowest BCUT2D eigenvalue weighted by atomic mass is 10.2. The molecule has 2 heterocycles. The maximum atomic E-state index is 13.6. The first kappa shape index (κ1) is 21.3. The number of aromatic nitrogens is 5. The standard InChI is InChI=1S/C22H13Cl3N6O2/c23-13-10-14(24)18(15(25)11-13)31-22(33)19(30-17-9-5-4-8-16(17)27-29-30)20(28-31)26-21(32)12-6-2-1-3-7-12/h1-11,28H,(H,26,32). The van der Waals surface area contributed by atoms with Crippen LogP contribution >= 0.6 is 34.8 Å². The van der Waals surface area contributed by atoms with Crippen molar-refractivity contribution >= 4 is 57.6 Å². The molecule has 0 aliphatic carbocycles. The molecule has 11 heteroatoms. The van der Waals surface area contributed by atoms with Gasteiger partial charge in [-0.25, -0.2) is 9.36 Å². The van der Waals surface area contributed by atoms with Gasteiger partial charge in [-0.05, 0) is 36.4 Å². The van der Waals surface area contributed by atoms with Crippen LogP contribution < -0.4 is 10.9 Å². The number of anilines is 1. The van der Waals surface area contributed by atoms with E-state index in [0.717, 1.165) is 4.68 Å². The number of aromatic amines is 1. The van der Waals surface area contributed by atoms with Gasteiger partial charge in [-0.3, -0.25) is 14.7 Å². The van der Waals surface area contributed by atoms with Crippen LogP contribution in [-0.2, 0) is 0 Å². The van der Waals surface area contributed by atoms with Gasteiger partial charge in [0.15, 0.2) is 11.5 Å². The molecule has 0 saturated heterocycles. The van der Waals surface area contributed by atoms with Gasteiger partial charge in [0, 0.05) is 10.6 Å². The van der Waals surface area contributed by atoms with Crippen molar-refractivity contribution in [2.24, 2.45) is 0 Å². The third-order valence-electron chi connectivity index (χ3n) is 4.91. The van der Waals surface area contributed by atoms with Crippen LogP contribution in [-0.4, -0.2) is 30.7 Å². The lowest BCUT2D eigenvalue weighted by molar-refractivity contribution is 0.102. The number of halogens is 3. The number of amides is 1. The minimum atomic E-state index is -0.555. The summed E-state index contributed by atoms with van der Waals surface area (Å²) in [4.78, 5) is 26.5. The van der Waals surface area contributed by atoms with Gasteiger partial charge in [0.25, 0.3) is 11.5 Å². The van der Waals surface area contributed by atoms with Crippen molar-refractivity contribution in [2.75, 3.05) is 5.32 Å². The zero-order chi connectivity index (χ0) is 23.1. The summed E-state index contributed by atoms with van der Waals surface area (Å²) in [6.07, 6.45) is 0. The number of carbonyl (C=O) groups excluding carboxylic acids is 1. The Morgan fingerprint density at radius 2 is 1.58 bits per heavy atom.